The van der Waals surface area contributed by atoms with Crippen LogP contribution in [0, 0.1) is 13.8 Å². The van der Waals surface area contributed by atoms with E-state index < -0.39 is 0 Å². The number of benzene rings is 1. The normalized spacial score (nSPS) is 15.0. The Morgan fingerprint density at radius 2 is 1.81 bits per heavy atom. The number of pyridine rings is 1. The summed E-state index contributed by atoms with van der Waals surface area (Å²) in [7, 11) is 0. The van der Waals surface area contributed by atoms with Crippen molar-refractivity contribution in [3.05, 3.63) is 83.6 Å². The number of imidazole rings is 1. The second-order valence-electron chi connectivity index (χ2n) is 8.15. The van der Waals surface area contributed by atoms with Gasteiger partial charge in [-0.3, -0.25) is 9.69 Å². The lowest BCUT2D eigenvalue weighted by atomic mass is 10.2. The molecule has 158 valence electrons. The molecule has 1 amide bonds. The summed E-state index contributed by atoms with van der Waals surface area (Å²) >= 11 is 0. The van der Waals surface area contributed by atoms with E-state index in [-0.39, 0.29) is 5.91 Å². The standard InChI is InChI=1S/C24H26N6O/c1-18-8-9-29-22(19(2)26-23(29)14-18)17-27-10-12-28(13-11-27)24(31)20-15-25-30(16-20)21-6-4-3-5-7-21/h3-9,14-16H,10-13,17H2,1-2H3. The highest BCUT2D eigenvalue weighted by molar-refractivity contribution is 5.93. The maximum absolute atomic E-state index is 13.0. The van der Waals surface area contributed by atoms with Gasteiger partial charge >= 0.3 is 0 Å². The molecule has 1 aromatic carbocycles. The third kappa shape index (κ3) is 3.84. The van der Waals surface area contributed by atoms with Crippen molar-refractivity contribution in [1.82, 2.24) is 29.0 Å². The Morgan fingerprint density at radius 3 is 2.58 bits per heavy atom. The number of hydrogen-bond acceptors (Lipinski definition) is 4. The van der Waals surface area contributed by atoms with Gasteiger partial charge in [-0.2, -0.15) is 5.10 Å². The molecule has 1 aliphatic rings. The summed E-state index contributed by atoms with van der Waals surface area (Å²) < 4.78 is 3.93. The molecule has 0 saturated carbocycles. The summed E-state index contributed by atoms with van der Waals surface area (Å²) in [6, 6.07) is 14.1. The van der Waals surface area contributed by atoms with Crippen LogP contribution >= 0.6 is 0 Å². The van der Waals surface area contributed by atoms with E-state index in [1.165, 1.54) is 11.3 Å². The molecule has 0 spiro atoms. The average molecular weight is 415 g/mol. The minimum absolute atomic E-state index is 0.0447. The Balaban J connectivity index is 1.23. The smallest absolute Gasteiger partial charge is 0.257 e. The van der Waals surface area contributed by atoms with Crippen LogP contribution in [0.15, 0.2) is 61.1 Å². The molecule has 1 saturated heterocycles. The molecule has 7 nitrogen and oxygen atoms in total. The van der Waals surface area contributed by atoms with Crippen LogP contribution in [-0.2, 0) is 6.54 Å². The predicted molar refractivity (Wildman–Crippen MR) is 119 cm³/mol. The predicted octanol–water partition coefficient (Wildman–Crippen LogP) is 3.09. The number of carbonyl (C=O) groups is 1. The summed E-state index contributed by atoms with van der Waals surface area (Å²) in [6.07, 6.45) is 5.57. The average Bonchev–Trinajstić information content (AvgIpc) is 3.39. The fraction of sp³-hybridized carbons (Fsp3) is 0.292. The zero-order valence-electron chi connectivity index (χ0n) is 17.9. The number of fused-ring (bicyclic) bond motifs is 1. The number of aromatic nitrogens is 4. The minimum atomic E-state index is 0.0447. The number of rotatable bonds is 4. The van der Waals surface area contributed by atoms with Gasteiger partial charge in [0.05, 0.1) is 28.8 Å². The van der Waals surface area contributed by atoms with E-state index in [1.54, 1.807) is 10.9 Å². The lowest BCUT2D eigenvalue weighted by Gasteiger charge is -2.34. The Morgan fingerprint density at radius 1 is 1.03 bits per heavy atom. The monoisotopic (exact) mass is 414 g/mol. The van der Waals surface area contributed by atoms with Crippen molar-refractivity contribution in [2.75, 3.05) is 26.2 Å². The molecule has 7 heteroatoms. The lowest BCUT2D eigenvalue weighted by Crippen LogP contribution is -2.48. The van der Waals surface area contributed by atoms with Crippen LogP contribution in [0.1, 0.15) is 27.3 Å². The summed E-state index contributed by atoms with van der Waals surface area (Å²) in [4.78, 5) is 22.0. The number of nitrogens with zero attached hydrogens (tertiary/aromatic N) is 6. The molecule has 4 aromatic rings. The third-order valence-corrected chi connectivity index (χ3v) is 5.96. The fourth-order valence-electron chi connectivity index (χ4n) is 4.16. The van der Waals surface area contributed by atoms with E-state index in [0.717, 1.165) is 36.7 Å². The Hall–Kier alpha value is -3.45. The molecule has 0 atom stereocenters. The van der Waals surface area contributed by atoms with Gasteiger partial charge in [0.15, 0.2) is 0 Å². The number of carbonyl (C=O) groups excluding carboxylic acids is 1. The van der Waals surface area contributed by atoms with Crippen molar-refractivity contribution >= 4 is 11.6 Å². The van der Waals surface area contributed by atoms with Gasteiger partial charge in [-0.1, -0.05) is 18.2 Å². The van der Waals surface area contributed by atoms with Crippen LogP contribution in [0.2, 0.25) is 0 Å². The molecular formula is C24H26N6O. The van der Waals surface area contributed by atoms with Gasteiger partial charge in [0.25, 0.3) is 5.91 Å². The van der Waals surface area contributed by atoms with Crippen molar-refractivity contribution in [3.63, 3.8) is 0 Å². The minimum Gasteiger partial charge on any atom is -0.336 e. The molecule has 31 heavy (non-hydrogen) atoms. The number of aryl methyl sites for hydroxylation is 2. The number of amides is 1. The molecule has 4 heterocycles. The van der Waals surface area contributed by atoms with E-state index >= 15 is 0 Å². The van der Waals surface area contributed by atoms with Crippen molar-refractivity contribution < 1.29 is 4.79 Å². The van der Waals surface area contributed by atoms with Gasteiger partial charge < -0.3 is 9.30 Å². The van der Waals surface area contributed by atoms with Gasteiger partial charge in [-0.25, -0.2) is 9.67 Å². The van der Waals surface area contributed by atoms with Gasteiger partial charge in [0.1, 0.15) is 5.65 Å². The maximum Gasteiger partial charge on any atom is 0.257 e. The first-order valence-electron chi connectivity index (χ1n) is 10.6. The van der Waals surface area contributed by atoms with Crippen LogP contribution in [0.4, 0.5) is 0 Å². The van der Waals surface area contributed by atoms with Crippen molar-refractivity contribution in [2.24, 2.45) is 0 Å². The van der Waals surface area contributed by atoms with E-state index in [9.17, 15) is 4.79 Å². The first-order chi connectivity index (χ1) is 15.1. The molecule has 3 aromatic heterocycles. The highest BCUT2D eigenvalue weighted by atomic mass is 16.2. The highest BCUT2D eigenvalue weighted by Crippen LogP contribution is 2.17. The largest absolute Gasteiger partial charge is 0.336 e. The quantitative estimate of drug-likeness (QED) is 0.515. The summed E-state index contributed by atoms with van der Waals surface area (Å²) in [6.45, 7) is 8.11. The fourth-order valence-corrected chi connectivity index (χ4v) is 4.16. The highest BCUT2D eigenvalue weighted by Gasteiger charge is 2.24. The van der Waals surface area contributed by atoms with E-state index in [4.69, 9.17) is 4.98 Å². The molecule has 0 N–H and O–H groups in total. The van der Waals surface area contributed by atoms with E-state index in [2.05, 4.69) is 46.6 Å². The Bertz CT molecular complexity index is 1220. The second-order valence-corrected chi connectivity index (χ2v) is 8.15. The lowest BCUT2D eigenvalue weighted by molar-refractivity contribution is 0.0626. The molecule has 0 unspecified atom stereocenters. The van der Waals surface area contributed by atoms with Gasteiger partial charge in [0, 0.05) is 45.1 Å². The molecule has 0 radical (unpaired) electrons. The van der Waals surface area contributed by atoms with Crippen LogP contribution in [0.5, 0.6) is 0 Å². The van der Waals surface area contributed by atoms with Gasteiger partial charge in [-0.15, -0.1) is 0 Å². The molecular weight excluding hydrogens is 388 g/mol. The zero-order valence-corrected chi connectivity index (χ0v) is 17.9. The number of hydrogen-bond donors (Lipinski definition) is 0. The SMILES string of the molecule is Cc1ccn2c(CN3CCN(C(=O)c4cnn(-c5ccccc5)c4)CC3)c(C)nc2c1. The van der Waals surface area contributed by atoms with Crippen molar-refractivity contribution in [2.45, 2.75) is 20.4 Å². The van der Waals surface area contributed by atoms with Gasteiger partial charge in [-0.05, 0) is 43.7 Å². The second kappa shape index (κ2) is 8.00. The number of para-hydroxylation sites is 1. The molecule has 1 fully saturated rings. The molecule has 0 bridgehead atoms. The topological polar surface area (TPSA) is 58.7 Å². The van der Waals surface area contributed by atoms with Crippen LogP contribution in [0.25, 0.3) is 11.3 Å². The third-order valence-electron chi connectivity index (χ3n) is 5.96. The summed E-state index contributed by atoms with van der Waals surface area (Å²) in [5.74, 6) is 0.0447. The molecule has 5 rings (SSSR count). The Kier molecular flexibility index (Phi) is 5.03. The molecule has 1 aliphatic heterocycles. The van der Waals surface area contributed by atoms with Crippen LogP contribution < -0.4 is 0 Å². The summed E-state index contributed by atoms with van der Waals surface area (Å²) in [5.41, 5.74) is 6.08. The van der Waals surface area contributed by atoms with Crippen LogP contribution in [0.3, 0.4) is 0 Å². The van der Waals surface area contributed by atoms with Crippen LogP contribution in [-0.4, -0.2) is 61.1 Å². The van der Waals surface area contributed by atoms with E-state index in [1.807, 2.05) is 41.4 Å². The molecule has 0 aliphatic carbocycles. The van der Waals surface area contributed by atoms with Gasteiger partial charge in [0.2, 0.25) is 0 Å². The van der Waals surface area contributed by atoms with Crippen molar-refractivity contribution in [3.8, 4) is 5.69 Å². The van der Waals surface area contributed by atoms with Crippen molar-refractivity contribution in [1.29, 1.82) is 0 Å². The maximum atomic E-state index is 13.0. The number of piperazine rings is 1. The zero-order chi connectivity index (χ0) is 21.4. The summed E-state index contributed by atoms with van der Waals surface area (Å²) in [5, 5.41) is 4.36. The first-order valence-corrected chi connectivity index (χ1v) is 10.6. The first kappa shape index (κ1) is 19.5. The Labute approximate surface area is 181 Å². The van der Waals surface area contributed by atoms with E-state index in [0.29, 0.717) is 18.7 Å².